The fourth-order valence-corrected chi connectivity index (χ4v) is 2.12. The number of rotatable bonds is 3. The van der Waals surface area contributed by atoms with Crippen molar-refractivity contribution in [2.45, 2.75) is 13.5 Å². The van der Waals surface area contributed by atoms with Crippen molar-refractivity contribution in [1.29, 1.82) is 0 Å². The predicted molar refractivity (Wildman–Crippen MR) is 70.4 cm³/mol. The maximum atomic E-state index is 12.9. The summed E-state index contributed by atoms with van der Waals surface area (Å²) in [5.74, 6) is 0.0652. The van der Waals surface area contributed by atoms with E-state index in [1.54, 1.807) is 12.1 Å². The van der Waals surface area contributed by atoms with Gasteiger partial charge in [-0.15, -0.1) is 0 Å². The zero-order chi connectivity index (χ0) is 12.3. The van der Waals surface area contributed by atoms with Crippen LogP contribution in [0.5, 0.6) is 0 Å². The van der Waals surface area contributed by atoms with E-state index >= 15 is 0 Å². The number of hydrogen-bond acceptors (Lipinski definition) is 2. The Balaban J connectivity index is 2.07. The van der Waals surface area contributed by atoms with Crippen LogP contribution in [-0.4, -0.2) is 4.98 Å². The van der Waals surface area contributed by atoms with E-state index in [4.69, 9.17) is 0 Å². The Morgan fingerprint density at radius 2 is 2.12 bits per heavy atom. The average molecular weight is 295 g/mol. The first-order valence-corrected chi connectivity index (χ1v) is 6.06. The molecule has 0 aliphatic heterocycles. The van der Waals surface area contributed by atoms with Gasteiger partial charge in [0.05, 0.1) is 0 Å². The van der Waals surface area contributed by atoms with Gasteiger partial charge in [0.2, 0.25) is 5.95 Å². The van der Waals surface area contributed by atoms with Crippen molar-refractivity contribution < 1.29 is 4.39 Å². The molecule has 2 nitrogen and oxygen atoms in total. The van der Waals surface area contributed by atoms with Crippen LogP contribution in [0.25, 0.3) is 0 Å². The number of aryl methyl sites for hydroxylation is 1. The number of aromatic nitrogens is 1. The van der Waals surface area contributed by atoms with Crippen LogP contribution in [0.4, 0.5) is 10.2 Å². The predicted octanol–water partition coefficient (Wildman–Crippen LogP) is 3.90. The van der Waals surface area contributed by atoms with Crippen LogP contribution in [0.1, 0.15) is 11.1 Å². The number of benzene rings is 1. The molecule has 1 aromatic heterocycles. The number of nitrogens with one attached hydrogen (secondary N) is 1. The molecule has 0 bridgehead atoms. The van der Waals surface area contributed by atoms with Gasteiger partial charge in [0.15, 0.2) is 0 Å². The molecule has 0 atom stereocenters. The second-order valence-electron chi connectivity index (χ2n) is 3.79. The molecule has 0 radical (unpaired) electrons. The van der Waals surface area contributed by atoms with Gasteiger partial charge in [-0.05, 0) is 36.2 Å². The van der Waals surface area contributed by atoms with Crippen LogP contribution >= 0.6 is 15.9 Å². The minimum absolute atomic E-state index is 0.474. The molecule has 0 fully saturated rings. The number of halogens is 2. The van der Waals surface area contributed by atoms with Gasteiger partial charge in [-0.3, -0.25) is 0 Å². The fourth-order valence-electron chi connectivity index (χ4n) is 1.49. The van der Waals surface area contributed by atoms with Crippen molar-refractivity contribution >= 4 is 21.7 Å². The van der Waals surface area contributed by atoms with Crippen molar-refractivity contribution in [2.75, 3.05) is 5.32 Å². The first-order valence-electron chi connectivity index (χ1n) is 5.26. The van der Waals surface area contributed by atoms with Crippen molar-refractivity contribution in [3.8, 4) is 0 Å². The largest absolute Gasteiger partial charge is 0.366 e. The summed E-state index contributed by atoms with van der Waals surface area (Å²) >= 11 is 3.50. The fraction of sp³-hybridized carbons (Fsp3) is 0.154. The van der Waals surface area contributed by atoms with Crippen LogP contribution < -0.4 is 5.32 Å². The van der Waals surface area contributed by atoms with Crippen molar-refractivity contribution in [3.05, 3.63) is 57.9 Å². The Hall–Kier alpha value is -1.42. The lowest BCUT2D eigenvalue weighted by molar-refractivity contribution is 0.585. The number of nitrogens with zero attached hydrogens (tertiary/aromatic N) is 1. The third-order valence-corrected chi connectivity index (χ3v) is 3.12. The molecule has 2 aromatic rings. The van der Waals surface area contributed by atoms with Crippen LogP contribution in [0.2, 0.25) is 0 Å². The summed E-state index contributed by atoms with van der Waals surface area (Å²) in [4.78, 5) is 3.74. The monoisotopic (exact) mass is 294 g/mol. The third kappa shape index (κ3) is 3.27. The second-order valence-corrected chi connectivity index (χ2v) is 4.65. The van der Waals surface area contributed by atoms with Gasteiger partial charge in [0, 0.05) is 11.0 Å². The molecular formula is C13H12BrFN2. The molecule has 1 heterocycles. The maximum Gasteiger partial charge on any atom is 0.214 e. The molecule has 1 N–H and O–H groups in total. The Morgan fingerprint density at radius 3 is 2.82 bits per heavy atom. The van der Waals surface area contributed by atoms with Crippen LogP contribution in [-0.2, 0) is 6.54 Å². The molecule has 4 heteroatoms. The second kappa shape index (κ2) is 5.27. The van der Waals surface area contributed by atoms with E-state index in [0.717, 1.165) is 10.0 Å². The molecule has 0 amide bonds. The summed E-state index contributed by atoms with van der Waals surface area (Å²) in [6, 6.07) is 10.8. The van der Waals surface area contributed by atoms with Gasteiger partial charge >= 0.3 is 0 Å². The van der Waals surface area contributed by atoms with Gasteiger partial charge in [-0.25, -0.2) is 4.98 Å². The van der Waals surface area contributed by atoms with E-state index in [2.05, 4.69) is 32.3 Å². The Kier molecular flexibility index (Phi) is 3.74. The summed E-state index contributed by atoms with van der Waals surface area (Å²) in [6.07, 6.45) is 0. The van der Waals surface area contributed by atoms with Crippen LogP contribution in [0.15, 0.2) is 40.9 Å². The summed E-state index contributed by atoms with van der Waals surface area (Å²) in [6.45, 7) is 2.65. The average Bonchev–Trinajstić information content (AvgIpc) is 2.28. The van der Waals surface area contributed by atoms with E-state index in [0.29, 0.717) is 12.4 Å². The van der Waals surface area contributed by atoms with Crippen LogP contribution in [0.3, 0.4) is 0 Å². The minimum atomic E-state index is -0.474. The standard InChI is InChI=1S/C13H12BrFN2/c1-9-5-6-10(11(14)7-9)8-16-13-4-2-3-12(15)17-13/h2-7H,8H2,1H3,(H,16,17). The van der Waals surface area contributed by atoms with Gasteiger partial charge in [-0.1, -0.05) is 34.1 Å². The van der Waals surface area contributed by atoms with E-state index in [-0.39, 0.29) is 0 Å². The summed E-state index contributed by atoms with van der Waals surface area (Å²) < 4.78 is 13.9. The van der Waals surface area contributed by atoms with E-state index < -0.39 is 5.95 Å². The highest BCUT2D eigenvalue weighted by molar-refractivity contribution is 9.10. The van der Waals surface area contributed by atoms with Crippen molar-refractivity contribution in [2.24, 2.45) is 0 Å². The van der Waals surface area contributed by atoms with Gasteiger partial charge in [0.25, 0.3) is 0 Å². The minimum Gasteiger partial charge on any atom is -0.366 e. The molecule has 17 heavy (non-hydrogen) atoms. The molecule has 88 valence electrons. The maximum absolute atomic E-state index is 12.9. The first-order chi connectivity index (χ1) is 8.15. The van der Waals surface area contributed by atoms with Crippen molar-refractivity contribution in [1.82, 2.24) is 4.98 Å². The van der Waals surface area contributed by atoms with Crippen LogP contribution in [0, 0.1) is 12.9 Å². The molecule has 0 saturated carbocycles. The Labute approximate surface area is 108 Å². The summed E-state index contributed by atoms with van der Waals surface area (Å²) in [5.41, 5.74) is 2.31. The number of hydrogen-bond donors (Lipinski definition) is 1. The Morgan fingerprint density at radius 1 is 1.29 bits per heavy atom. The lowest BCUT2D eigenvalue weighted by Crippen LogP contribution is -2.02. The smallest absolute Gasteiger partial charge is 0.214 e. The summed E-state index contributed by atoms with van der Waals surface area (Å²) in [7, 11) is 0. The van der Waals surface area contributed by atoms with Gasteiger partial charge < -0.3 is 5.32 Å². The zero-order valence-electron chi connectivity index (χ0n) is 9.37. The quantitative estimate of drug-likeness (QED) is 0.869. The lowest BCUT2D eigenvalue weighted by atomic mass is 10.1. The zero-order valence-corrected chi connectivity index (χ0v) is 11.0. The van der Waals surface area contributed by atoms with E-state index in [1.807, 2.05) is 19.1 Å². The summed E-state index contributed by atoms with van der Waals surface area (Å²) in [5, 5.41) is 3.08. The topological polar surface area (TPSA) is 24.9 Å². The molecule has 0 aliphatic carbocycles. The molecule has 0 unspecified atom stereocenters. The normalized spacial score (nSPS) is 10.3. The van der Waals surface area contributed by atoms with E-state index in [9.17, 15) is 4.39 Å². The first kappa shape index (κ1) is 12.0. The molecule has 2 rings (SSSR count). The molecule has 0 spiro atoms. The molecule has 0 saturated heterocycles. The van der Waals surface area contributed by atoms with E-state index in [1.165, 1.54) is 11.6 Å². The molecule has 1 aromatic carbocycles. The number of pyridine rings is 1. The van der Waals surface area contributed by atoms with Gasteiger partial charge in [-0.2, -0.15) is 4.39 Å². The highest BCUT2D eigenvalue weighted by Crippen LogP contribution is 2.19. The van der Waals surface area contributed by atoms with Gasteiger partial charge in [0.1, 0.15) is 5.82 Å². The highest BCUT2D eigenvalue weighted by Gasteiger charge is 2.01. The molecule has 0 aliphatic rings. The SMILES string of the molecule is Cc1ccc(CNc2cccc(F)n2)c(Br)c1. The third-order valence-electron chi connectivity index (χ3n) is 2.38. The van der Waals surface area contributed by atoms with Crippen molar-refractivity contribution in [3.63, 3.8) is 0 Å². The number of anilines is 1. The molecular weight excluding hydrogens is 283 g/mol. The Bertz CT molecular complexity index is 529. The lowest BCUT2D eigenvalue weighted by Gasteiger charge is -2.08. The highest BCUT2D eigenvalue weighted by atomic mass is 79.9.